The Morgan fingerprint density at radius 2 is 1.28 bits per heavy atom. The number of esters is 2. The van der Waals surface area contributed by atoms with E-state index in [1.807, 2.05) is 20.8 Å². The summed E-state index contributed by atoms with van der Waals surface area (Å²) in [5.41, 5.74) is 6.27. The summed E-state index contributed by atoms with van der Waals surface area (Å²) in [5, 5.41) is 2.84. The lowest BCUT2D eigenvalue weighted by molar-refractivity contribution is 0.0714. The van der Waals surface area contributed by atoms with Gasteiger partial charge in [0, 0.05) is 5.54 Å². The van der Waals surface area contributed by atoms with Crippen LogP contribution in [0.4, 0.5) is 22.4 Å². The first-order valence-corrected chi connectivity index (χ1v) is 11.9. The first kappa shape index (κ1) is 26.7. The molecule has 0 aliphatic rings. The molecule has 39 heavy (non-hydrogen) atoms. The predicted octanol–water partition coefficient (Wildman–Crippen LogP) is 4.54. The minimum absolute atomic E-state index is 0.186. The minimum Gasteiger partial charge on any atom is -0.423 e. The van der Waals surface area contributed by atoms with Crippen molar-refractivity contribution in [1.82, 2.24) is 20.3 Å². The van der Waals surface area contributed by atoms with Crippen LogP contribution in [0.25, 0.3) is 0 Å². The van der Waals surface area contributed by atoms with Gasteiger partial charge in [-0.2, -0.15) is 15.0 Å². The molecule has 0 saturated heterocycles. The Morgan fingerprint density at radius 1 is 0.744 bits per heavy atom. The molecule has 0 spiro atoms. The van der Waals surface area contributed by atoms with Gasteiger partial charge in [0.15, 0.2) is 0 Å². The number of carbonyl (C=O) groups excluding carboxylic acids is 3. The number of amides is 2. The zero-order valence-electron chi connectivity index (χ0n) is 21.5. The second-order valence-corrected chi connectivity index (χ2v) is 9.30. The fraction of sp³-hybridized carbons (Fsp3) is 0.143. The molecule has 0 saturated carbocycles. The van der Waals surface area contributed by atoms with Crippen LogP contribution in [0.15, 0.2) is 84.9 Å². The summed E-state index contributed by atoms with van der Waals surface area (Å²) in [6.07, 6.45) is 0. The van der Waals surface area contributed by atoms with Gasteiger partial charge in [-0.05, 0) is 69.3 Å². The fourth-order valence-corrected chi connectivity index (χ4v) is 3.33. The monoisotopic (exact) mass is 526 g/mol. The molecule has 198 valence electrons. The van der Waals surface area contributed by atoms with Gasteiger partial charge in [0.1, 0.15) is 5.75 Å². The van der Waals surface area contributed by atoms with Gasteiger partial charge >= 0.3 is 24.0 Å². The van der Waals surface area contributed by atoms with Crippen molar-refractivity contribution in [3.63, 3.8) is 0 Å². The van der Waals surface area contributed by atoms with E-state index < -0.39 is 23.5 Å². The van der Waals surface area contributed by atoms with Crippen molar-refractivity contribution >= 4 is 35.6 Å². The van der Waals surface area contributed by atoms with Crippen molar-refractivity contribution in [3.8, 4) is 11.8 Å². The van der Waals surface area contributed by atoms with Crippen LogP contribution in [-0.4, -0.2) is 38.5 Å². The van der Waals surface area contributed by atoms with E-state index in [0.717, 1.165) is 4.90 Å². The van der Waals surface area contributed by atoms with E-state index in [4.69, 9.17) is 15.2 Å². The maximum absolute atomic E-state index is 13.4. The minimum atomic E-state index is -0.706. The molecule has 2 amide bonds. The van der Waals surface area contributed by atoms with Crippen LogP contribution in [0.1, 0.15) is 41.5 Å². The average molecular weight is 527 g/mol. The van der Waals surface area contributed by atoms with Crippen LogP contribution < -0.4 is 25.4 Å². The normalized spacial score (nSPS) is 10.8. The van der Waals surface area contributed by atoms with Gasteiger partial charge in [-0.15, -0.1) is 0 Å². The van der Waals surface area contributed by atoms with Crippen LogP contribution in [0.2, 0.25) is 0 Å². The molecule has 3 aromatic carbocycles. The summed E-state index contributed by atoms with van der Waals surface area (Å²) >= 11 is 0. The number of benzene rings is 3. The topological polar surface area (TPSA) is 150 Å². The highest BCUT2D eigenvalue weighted by atomic mass is 16.5. The van der Waals surface area contributed by atoms with Crippen LogP contribution in [0.5, 0.6) is 11.8 Å². The Kier molecular flexibility index (Phi) is 7.80. The summed E-state index contributed by atoms with van der Waals surface area (Å²) in [7, 11) is 0. The number of nitrogens with zero attached hydrogens (tertiary/aromatic N) is 4. The first-order valence-electron chi connectivity index (χ1n) is 11.9. The highest BCUT2D eigenvalue weighted by Crippen LogP contribution is 2.27. The molecule has 0 bridgehead atoms. The van der Waals surface area contributed by atoms with E-state index in [1.54, 1.807) is 72.8 Å². The summed E-state index contributed by atoms with van der Waals surface area (Å²) in [6.45, 7) is 5.43. The third kappa shape index (κ3) is 7.13. The van der Waals surface area contributed by atoms with Crippen molar-refractivity contribution in [1.29, 1.82) is 0 Å². The Balaban J connectivity index is 1.64. The molecule has 4 aromatic rings. The maximum atomic E-state index is 13.4. The number of hydrogen-bond donors (Lipinski definition) is 2. The van der Waals surface area contributed by atoms with Gasteiger partial charge < -0.3 is 20.5 Å². The fourth-order valence-electron chi connectivity index (χ4n) is 3.33. The molecule has 4 rings (SSSR count). The molecule has 11 nitrogen and oxygen atoms in total. The average Bonchev–Trinajstić information content (AvgIpc) is 2.89. The second-order valence-electron chi connectivity index (χ2n) is 9.30. The highest BCUT2D eigenvalue weighted by molar-refractivity contribution is 5.98. The van der Waals surface area contributed by atoms with E-state index in [0.29, 0.717) is 11.3 Å². The molecule has 0 aliphatic heterocycles. The number of ether oxygens (including phenoxy) is 2. The third-order valence-corrected chi connectivity index (χ3v) is 5.01. The molecule has 0 unspecified atom stereocenters. The van der Waals surface area contributed by atoms with Crippen molar-refractivity contribution in [2.24, 2.45) is 0 Å². The van der Waals surface area contributed by atoms with E-state index in [9.17, 15) is 14.4 Å². The first-order chi connectivity index (χ1) is 18.6. The molecule has 0 aliphatic carbocycles. The van der Waals surface area contributed by atoms with Crippen LogP contribution in [0, 0.1) is 0 Å². The molecule has 11 heteroatoms. The Labute approximate surface area is 224 Å². The van der Waals surface area contributed by atoms with Gasteiger partial charge in [-0.1, -0.05) is 36.4 Å². The molecule has 0 radical (unpaired) electrons. The number of nitrogen functional groups attached to an aromatic ring is 1. The SMILES string of the molecule is CC(C)(C)NC(=O)N(c1ccc(OC(=O)c2ccccc2)cc1)c1nc(N)nc(OC(=O)c2ccccc2)n1. The van der Waals surface area contributed by atoms with Crippen LogP contribution in [-0.2, 0) is 0 Å². The molecular formula is C28H26N6O5. The number of urea groups is 1. The lowest BCUT2D eigenvalue weighted by Crippen LogP contribution is -2.47. The molecule has 0 atom stereocenters. The molecule has 3 N–H and O–H groups in total. The maximum Gasteiger partial charge on any atom is 0.345 e. The Hall–Kier alpha value is -5.32. The quantitative estimate of drug-likeness (QED) is 0.273. The smallest absolute Gasteiger partial charge is 0.345 e. The molecular weight excluding hydrogens is 500 g/mol. The second kappa shape index (κ2) is 11.4. The van der Waals surface area contributed by atoms with E-state index >= 15 is 0 Å². The van der Waals surface area contributed by atoms with E-state index in [-0.39, 0.29) is 29.2 Å². The molecule has 0 fully saturated rings. The lowest BCUT2D eigenvalue weighted by Gasteiger charge is -2.27. The number of rotatable bonds is 6. The van der Waals surface area contributed by atoms with Crippen molar-refractivity contribution in [3.05, 3.63) is 96.1 Å². The summed E-state index contributed by atoms with van der Waals surface area (Å²) in [5.74, 6) is -1.42. The third-order valence-electron chi connectivity index (χ3n) is 5.01. The lowest BCUT2D eigenvalue weighted by atomic mass is 10.1. The Morgan fingerprint density at radius 3 is 1.82 bits per heavy atom. The molecule has 1 heterocycles. The van der Waals surface area contributed by atoms with Gasteiger partial charge in [0.05, 0.1) is 16.8 Å². The highest BCUT2D eigenvalue weighted by Gasteiger charge is 2.27. The van der Waals surface area contributed by atoms with Crippen molar-refractivity contribution < 1.29 is 23.9 Å². The summed E-state index contributed by atoms with van der Waals surface area (Å²) in [6, 6.07) is 22.0. The number of hydrogen-bond acceptors (Lipinski definition) is 9. The van der Waals surface area contributed by atoms with Crippen molar-refractivity contribution in [2.45, 2.75) is 26.3 Å². The summed E-state index contributed by atoms with van der Waals surface area (Å²) in [4.78, 5) is 51.6. The van der Waals surface area contributed by atoms with E-state index in [2.05, 4.69) is 20.3 Å². The molecule has 1 aromatic heterocycles. The van der Waals surface area contributed by atoms with Gasteiger partial charge in [0.2, 0.25) is 11.9 Å². The van der Waals surface area contributed by atoms with E-state index in [1.165, 1.54) is 12.1 Å². The van der Waals surface area contributed by atoms with Gasteiger partial charge in [-0.25, -0.2) is 19.3 Å². The number of carbonyl (C=O) groups is 3. The zero-order chi connectivity index (χ0) is 28.0. The predicted molar refractivity (Wildman–Crippen MR) is 144 cm³/mol. The largest absolute Gasteiger partial charge is 0.423 e. The van der Waals surface area contributed by atoms with Gasteiger partial charge in [-0.3, -0.25) is 0 Å². The number of nitrogens with one attached hydrogen (secondary N) is 1. The summed E-state index contributed by atoms with van der Waals surface area (Å²) < 4.78 is 10.7. The van der Waals surface area contributed by atoms with Crippen LogP contribution in [0.3, 0.4) is 0 Å². The number of anilines is 3. The number of nitrogens with two attached hydrogens (primary N) is 1. The standard InChI is InChI=1S/C28H26N6O5/c1-28(2,3)33-27(37)34(20-14-16-21(17-15-20)38-22(35)18-10-6-4-7-11-18)25-30-24(29)31-26(32-25)39-23(36)19-12-8-5-9-13-19/h4-17H,1-3H3,(H,33,37)(H2,29,30,31,32). The van der Waals surface area contributed by atoms with Gasteiger partial charge in [0.25, 0.3) is 0 Å². The van der Waals surface area contributed by atoms with Crippen molar-refractivity contribution in [2.75, 3.05) is 10.6 Å². The van der Waals surface area contributed by atoms with Crippen LogP contribution >= 0.6 is 0 Å². The number of aromatic nitrogens is 3. The zero-order valence-corrected chi connectivity index (χ0v) is 21.5. The Bertz CT molecular complexity index is 1470.